The molecule has 0 aromatic heterocycles. The minimum Gasteiger partial charge on any atom is -0.294 e. The molecule has 0 radical (unpaired) electrons. The third-order valence-electron chi connectivity index (χ3n) is 3.41. The third kappa shape index (κ3) is 2.96. The molecule has 1 nitrogen and oxygen atoms in total. The van der Waals surface area contributed by atoms with Crippen LogP contribution in [0.25, 0.3) is 0 Å². The van der Waals surface area contributed by atoms with Gasteiger partial charge in [-0.2, -0.15) is 0 Å². The van der Waals surface area contributed by atoms with Gasteiger partial charge in [-0.1, -0.05) is 20.8 Å². The smallest absolute Gasteiger partial charge is 0.173 e. The van der Waals surface area contributed by atoms with E-state index in [-0.39, 0.29) is 18.3 Å². The molecule has 1 aromatic carbocycles. The van der Waals surface area contributed by atoms with Gasteiger partial charge in [0, 0.05) is 12.0 Å². The number of halogens is 4. The van der Waals surface area contributed by atoms with Crippen LogP contribution < -0.4 is 0 Å². The highest BCUT2D eigenvalue weighted by molar-refractivity contribution is 5.96. The maximum Gasteiger partial charge on any atom is 0.173 e. The molecule has 0 N–H and O–H groups in total. The molecule has 0 aliphatic heterocycles. The van der Waals surface area contributed by atoms with E-state index in [0.29, 0.717) is 0 Å². The van der Waals surface area contributed by atoms with Gasteiger partial charge >= 0.3 is 0 Å². The molecule has 0 aliphatic rings. The van der Waals surface area contributed by atoms with Crippen LogP contribution in [0.15, 0.2) is 0 Å². The van der Waals surface area contributed by atoms with Crippen LogP contribution in [0.4, 0.5) is 17.6 Å². The molecule has 106 valence electrons. The predicted octanol–water partition coefficient (Wildman–Crippen LogP) is 4.42. The van der Waals surface area contributed by atoms with Crippen LogP contribution in [0, 0.1) is 42.0 Å². The first-order chi connectivity index (χ1) is 8.68. The van der Waals surface area contributed by atoms with Crippen molar-refractivity contribution in [1.82, 2.24) is 0 Å². The molecule has 1 rings (SSSR count). The number of hydrogen-bond donors (Lipinski definition) is 0. The average Bonchev–Trinajstić information content (AvgIpc) is 2.34. The Morgan fingerprint density at radius 3 is 1.74 bits per heavy atom. The second-order valence-corrected chi connectivity index (χ2v) is 5.10. The van der Waals surface area contributed by atoms with Crippen LogP contribution in [0.5, 0.6) is 0 Å². The van der Waals surface area contributed by atoms with Gasteiger partial charge in [0.25, 0.3) is 0 Å². The monoisotopic (exact) mass is 276 g/mol. The average molecular weight is 276 g/mol. The Morgan fingerprint density at radius 1 is 0.947 bits per heavy atom. The zero-order chi connectivity index (χ0) is 14.9. The Hall–Kier alpha value is -1.39. The Morgan fingerprint density at radius 2 is 1.37 bits per heavy atom. The molecule has 0 unspecified atom stereocenters. The normalized spacial score (nSPS) is 12.9. The van der Waals surface area contributed by atoms with Crippen molar-refractivity contribution in [2.24, 2.45) is 11.8 Å². The van der Waals surface area contributed by atoms with E-state index in [4.69, 9.17) is 0 Å². The van der Waals surface area contributed by atoms with E-state index in [0.717, 1.165) is 6.92 Å². The molecule has 0 spiro atoms. The summed E-state index contributed by atoms with van der Waals surface area (Å²) in [6, 6.07) is 0. The second-order valence-electron chi connectivity index (χ2n) is 5.10. The number of carbonyl (C=O) groups excluding carboxylic acids is 1. The van der Waals surface area contributed by atoms with Gasteiger partial charge in [-0.3, -0.25) is 4.79 Å². The summed E-state index contributed by atoms with van der Waals surface area (Å²) in [5.41, 5.74) is -1.88. The highest BCUT2D eigenvalue weighted by Gasteiger charge is 2.28. The number of rotatable bonds is 4. The zero-order valence-electron chi connectivity index (χ0n) is 11.3. The van der Waals surface area contributed by atoms with E-state index in [9.17, 15) is 22.4 Å². The lowest BCUT2D eigenvalue weighted by molar-refractivity contribution is 0.0942. The maximum absolute atomic E-state index is 13.6. The lowest BCUT2D eigenvalue weighted by Crippen LogP contribution is -2.16. The van der Waals surface area contributed by atoms with Crippen LogP contribution in [0.1, 0.15) is 43.1 Å². The van der Waals surface area contributed by atoms with Crippen LogP contribution >= 0.6 is 0 Å². The van der Waals surface area contributed by atoms with Crippen molar-refractivity contribution in [2.75, 3.05) is 0 Å². The molecule has 0 heterocycles. The van der Waals surface area contributed by atoms with Gasteiger partial charge in [-0.25, -0.2) is 17.6 Å². The summed E-state index contributed by atoms with van der Waals surface area (Å²) in [6.45, 7) is 6.35. The van der Waals surface area contributed by atoms with Gasteiger partial charge in [0.15, 0.2) is 29.1 Å². The van der Waals surface area contributed by atoms with E-state index in [2.05, 4.69) is 0 Å². The highest BCUT2D eigenvalue weighted by Crippen LogP contribution is 2.26. The fourth-order valence-electron chi connectivity index (χ4n) is 1.62. The van der Waals surface area contributed by atoms with Crippen molar-refractivity contribution in [1.29, 1.82) is 0 Å². The highest BCUT2D eigenvalue weighted by atomic mass is 19.2. The number of benzene rings is 1. The molecule has 1 aromatic rings. The van der Waals surface area contributed by atoms with Gasteiger partial charge in [0.1, 0.15) is 0 Å². The fraction of sp³-hybridized carbons (Fsp3) is 0.500. The summed E-state index contributed by atoms with van der Waals surface area (Å²) in [5, 5.41) is 0. The quantitative estimate of drug-likeness (QED) is 0.452. The maximum atomic E-state index is 13.6. The number of Topliss-reactive ketones (excluding diaryl/α,β-unsaturated/α-hetero) is 1. The van der Waals surface area contributed by atoms with E-state index in [1.165, 1.54) is 0 Å². The topological polar surface area (TPSA) is 17.1 Å². The summed E-state index contributed by atoms with van der Waals surface area (Å²) >= 11 is 0. The molecule has 19 heavy (non-hydrogen) atoms. The SMILES string of the molecule is Cc1c(F)c(F)c(C(=O)C[C@H](C)C(C)C)c(F)c1F. The number of ketones is 1. The van der Waals surface area contributed by atoms with E-state index in [1.54, 1.807) is 6.92 Å². The molecule has 0 saturated heterocycles. The molecule has 0 amide bonds. The minimum atomic E-state index is -1.61. The first-order valence-corrected chi connectivity index (χ1v) is 6.04. The number of hydrogen-bond acceptors (Lipinski definition) is 1. The Kier molecular flexibility index (Phi) is 4.71. The number of carbonyl (C=O) groups is 1. The third-order valence-corrected chi connectivity index (χ3v) is 3.41. The second kappa shape index (κ2) is 5.72. The van der Waals surface area contributed by atoms with Gasteiger partial charge in [-0.15, -0.1) is 0 Å². The molecule has 0 saturated carbocycles. The van der Waals surface area contributed by atoms with Crippen LogP contribution in [-0.2, 0) is 0 Å². The van der Waals surface area contributed by atoms with Crippen molar-refractivity contribution in [3.63, 3.8) is 0 Å². The largest absolute Gasteiger partial charge is 0.294 e. The summed E-state index contributed by atoms with van der Waals surface area (Å²) in [4.78, 5) is 11.8. The van der Waals surface area contributed by atoms with Gasteiger partial charge < -0.3 is 0 Å². The van der Waals surface area contributed by atoms with Crippen molar-refractivity contribution in [3.05, 3.63) is 34.4 Å². The molecule has 0 aliphatic carbocycles. The van der Waals surface area contributed by atoms with Crippen LogP contribution in [-0.4, -0.2) is 5.78 Å². The minimum absolute atomic E-state index is 0.121. The predicted molar refractivity (Wildman–Crippen MR) is 64.0 cm³/mol. The van der Waals surface area contributed by atoms with Gasteiger partial charge in [-0.05, 0) is 18.8 Å². The first kappa shape index (κ1) is 15.7. The lowest BCUT2D eigenvalue weighted by atomic mass is 9.90. The summed E-state index contributed by atoms with van der Waals surface area (Å²) in [6.07, 6.45) is -0.159. The van der Waals surface area contributed by atoms with Crippen LogP contribution in [0.2, 0.25) is 0 Å². The Labute approximate surface area is 109 Å². The summed E-state index contributed by atoms with van der Waals surface area (Å²) in [5.74, 6) is -7.20. The molecular formula is C14H16F4O. The lowest BCUT2D eigenvalue weighted by Gasteiger charge is -2.15. The van der Waals surface area contributed by atoms with Crippen molar-refractivity contribution in [3.8, 4) is 0 Å². The molecule has 0 fully saturated rings. The molecule has 1 atom stereocenters. The van der Waals surface area contributed by atoms with Crippen LogP contribution in [0.3, 0.4) is 0 Å². The standard InChI is InChI=1S/C14H16F4O/c1-6(2)7(3)5-9(19)10-13(17)11(15)8(4)12(16)14(10)18/h6-7H,5H2,1-4H3/t7-/m0/s1. The molecule has 5 heteroatoms. The van der Waals surface area contributed by atoms with Crippen molar-refractivity contribution < 1.29 is 22.4 Å². The molecular weight excluding hydrogens is 260 g/mol. The fourth-order valence-corrected chi connectivity index (χ4v) is 1.62. The first-order valence-electron chi connectivity index (χ1n) is 6.04. The van der Waals surface area contributed by atoms with Crippen molar-refractivity contribution >= 4 is 5.78 Å². The van der Waals surface area contributed by atoms with Crippen molar-refractivity contribution in [2.45, 2.75) is 34.1 Å². The van der Waals surface area contributed by atoms with E-state index < -0.39 is 40.2 Å². The summed E-state index contributed by atoms with van der Waals surface area (Å²) in [7, 11) is 0. The Bertz CT molecular complexity index is 480. The zero-order valence-corrected chi connectivity index (χ0v) is 11.3. The van der Waals surface area contributed by atoms with E-state index >= 15 is 0 Å². The molecule has 0 bridgehead atoms. The van der Waals surface area contributed by atoms with Gasteiger partial charge in [0.05, 0.1) is 5.56 Å². The summed E-state index contributed by atoms with van der Waals surface area (Å²) < 4.78 is 53.9. The Balaban J connectivity index is 3.25. The van der Waals surface area contributed by atoms with Gasteiger partial charge in [0.2, 0.25) is 0 Å². The van der Waals surface area contributed by atoms with E-state index in [1.807, 2.05) is 13.8 Å².